The third-order valence-corrected chi connectivity index (χ3v) is 4.29. The molecule has 2 unspecified atom stereocenters. The molecule has 0 aliphatic carbocycles. The molecule has 118 valence electrons. The molecular weight excluding hydrogens is 260 g/mol. The summed E-state index contributed by atoms with van der Waals surface area (Å²) in [6.07, 6.45) is 3.69. The molecule has 21 heavy (non-hydrogen) atoms. The summed E-state index contributed by atoms with van der Waals surface area (Å²) < 4.78 is 0. The maximum absolute atomic E-state index is 9.65. The van der Waals surface area contributed by atoms with Crippen LogP contribution in [0.5, 0.6) is 5.75 Å². The molecule has 1 fully saturated rings. The first-order chi connectivity index (χ1) is 10.1. The summed E-state index contributed by atoms with van der Waals surface area (Å²) in [5.74, 6) is 1.10. The summed E-state index contributed by atoms with van der Waals surface area (Å²) in [5, 5.41) is 13.4. The molecule has 0 bridgehead atoms. The van der Waals surface area contributed by atoms with Gasteiger partial charge in [-0.1, -0.05) is 39.3 Å². The topological polar surface area (TPSA) is 35.5 Å². The first-order valence-electron chi connectivity index (χ1n) is 8.33. The van der Waals surface area contributed by atoms with Crippen LogP contribution in [0.25, 0.3) is 0 Å². The van der Waals surface area contributed by atoms with Crippen LogP contribution in [0.4, 0.5) is 0 Å². The monoisotopic (exact) mass is 290 g/mol. The van der Waals surface area contributed by atoms with Gasteiger partial charge in [0.1, 0.15) is 5.75 Å². The number of aromatic hydroxyl groups is 1. The van der Waals surface area contributed by atoms with Crippen molar-refractivity contribution in [2.45, 2.75) is 58.7 Å². The number of rotatable bonds is 6. The second kappa shape index (κ2) is 7.81. The van der Waals surface area contributed by atoms with E-state index in [4.69, 9.17) is 0 Å². The van der Waals surface area contributed by atoms with E-state index in [-0.39, 0.29) is 0 Å². The van der Waals surface area contributed by atoms with Gasteiger partial charge in [0.15, 0.2) is 0 Å². The van der Waals surface area contributed by atoms with E-state index in [1.807, 2.05) is 12.1 Å². The Kier molecular flexibility index (Phi) is 6.07. The van der Waals surface area contributed by atoms with E-state index in [9.17, 15) is 5.11 Å². The molecule has 2 rings (SSSR count). The van der Waals surface area contributed by atoms with Gasteiger partial charge >= 0.3 is 0 Å². The van der Waals surface area contributed by atoms with Gasteiger partial charge in [0.25, 0.3) is 0 Å². The molecule has 0 aromatic heterocycles. The number of phenols is 1. The van der Waals surface area contributed by atoms with Gasteiger partial charge in [0.05, 0.1) is 0 Å². The molecule has 1 aromatic carbocycles. The van der Waals surface area contributed by atoms with Crippen LogP contribution in [0, 0.1) is 5.92 Å². The number of nitrogens with zero attached hydrogens (tertiary/aromatic N) is 1. The second-order valence-electron chi connectivity index (χ2n) is 6.78. The molecule has 3 heteroatoms. The lowest BCUT2D eigenvalue weighted by molar-refractivity contribution is 0.107. The largest absolute Gasteiger partial charge is 0.508 e. The maximum atomic E-state index is 9.65. The van der Waals surface area contributed by atoms with Crippen molar-refractivity contribution in [3.63, 3.8) is 0 Å². The highest BCUT2D eigenvalue weighted by atomic mass is 16.3. The van der Waals surface area contributed by atoms with Crippen LogP contribution in [-0.4, -0.2) is 35.2 Å². The highest BCUT2D eigenvalue weighted by molar-refractivity contribution is 5.27. The molecule has 2 atom stereocenters. The van der Waals surface area contributed by atoms with Crippen molar-refractivity contribution >= 4 is 0 Å². The van der Waals surface area contributed by atoms with Crippen molar-refractivity contribution in [1.29, 1.82) is 0 Å². The van der Waals surface area contributed by atoms with Gasteiger partial charge in [-0.3, -0.25) is 4.90 Å². The average molecular weight is 290 g/mol. The van der Waals surface area contributed by atoms with Crippen molar-refractivity contribution in [2.75, 3.05) is 13.1 Å². The van der Waals surface area contributed by atoms with Gasteiger partial charge in [0.2, 0.25) is 0 Å². The van der Waals surface area contributed by atoms with Gasteiger partial charge in [0, 0.05) is 31.7 Å². The molecular formula is C18H30N2O. The molecule has 2 N–H and O–H groups in total. The van der Waals surface area contributed by atoms with E-state index in [0.29, 0.717) is 17.8 Å². The Morgan fingerprint density at radius 2 is 2.19 bits per heavy atom. The lowest BCUT2D eigenvalue weighted by Gasteiger charge is -2.41. The second-order valence-corrected chi connectivity index (χ2v) is 6.78. The molecule has 0 radical (unpaired) electrons. The summed E-state index contributed by atoms with van der Waals surface area (Å²) in [6, 6.07) is 8.89. The zero-order chi connectivity index (χ0) is 15.2. The Morgan fingerprint density at radius 3 is 2.86 bits per heavy atom. The van der Waals surface area contributed by atoms with Crippen molar-refractivity contribution in [2.24, 2.45) is 5.92 Å². The van der Waals surface area contributed by atoms with E-state index in [0.717, 1.165) is 25.6 Å². The number of phenolic OH excluding ortho intramolecular Hbond substituents is 1. The Bertz CT molecular complexity index is 433. The molecule has 1 heterocycles. The number of nitrogens with one attached hydrogen (secondary N) is 1. The molecule has 1 saturated heterocycles. The molecule has 0 spiro atoms. The zero-order valence-corrected chi connectivity index (χ0v) is 13.7. The molecule has 1 aliphatic rings. The van der Waals surface area contributed by atoms with Gasteiger partial charge < -0.3 is 10.4 Å². The van der Waals surface area contributed by atoms with Crippen LogP contribution < -0.4 is 5.32 Å². The Hall–Kier alpha value is -1.06. The van der Waals surface area contributed by atoms with Crippen LogP contribution >= 0.6 is 0 Å². The van der Waals surface area contributed by atoms with Gasteiger partial charge in [-0.15, -0.1) is 0 Å². The zero-order valence-electron chi connectivity index (χ0n) is 13.7. The van der Waals surface area contributed by atoms with Gasteiger partial charge in [-0.05, 0) is 36.5 Å². The minimum Gasteiger partial charge on any atom is -0.508 e. The van der Waals surface area contributed by atoms with Crippen molar-refractivity contribution in [3.8, 4) is 5.75 Å². The molecule has 0 saturated carbocycles. The third-order valence-electron chi connectivity index (χ3n) is 4.29. The summed E-state index contributed by atoms with van der Waals surface area (Å²) >= 11 is 0. The van der Waals surface area contributed by atoms with Gasteiger partial charge in [-0.25, -0.2) is 0 Å². The van der Waals surface area contributed by atoms with Gasteiger partial charge in [-0.2, -0.15) is 0 Å². The number of hydrogen-bond donors (Lipinski definition) is 2. The van der Waals surface area contributed by atoms with E-state index in [1.54, 1.807) is 6.07 Å². The van der Waals surface area contributed by atoms with Crippen molar-refractivity contribution < 1.29 is 5.11 Å². The first kappa shape index (κ1) is 16.3. The van der Waals surface area contributed by atoms with Crippen molar-refractivity contribution in [3.05, 3.63) is 29.8 Å². The smallest absolute Gasteiger partial charge is 0.115 e. The number of piperazine rings is 1. The minimum atomic E-state index is 0.369. The van der Waals surface area contributed by atoms with Crippen LogP contribution in [0.15, 0.2) is 24.3 Å². The fraction of sp³-hybridized carbons (Fsp3) is 0.667. The van der Waals surface area contributed by atoms with Crippen LogP contribution in [-0.2, 0) is 6.54 Å². The standard InChI is InChI=1S/C18H30N2O/c1-4-6-17-11-19-16(9-14(2)3)13-20(17)12-15-7-5-8-18(21)10-15/h5,7-8,10,14,16-17,19,21H,4,6,9,11-13H2,1-3H3. The fourth-order valence-electron chi connectivity index (χ4n) is 3.36. The minimum absolute atomic E-state index is 0.369. The lowest BCUT2D eigenvalue weighted by atomic mass is 9.97. The Morgan fingerprint density at radius 1 is 1.38 bits per heavy atom. The highest BCUT2D eigenvalue weighted by Crippen LogP contribution is 2.20. The fourth-order valence-corrected chi connectivity index (χ4v) is 3.36. The summed E-state index contributed by atoms with van der Waals surface area (Å²) in [7, 11) is 0. The SMILES string of the molecule is CCCC1CNC(CC(C)C)CN1Cc1cccc(O)c1. The van der Waals surface area contributed by atoms with Crippen LogP contribution in [0.2, 0.25) is 0 Å². The molecule has 3 nitrogen and oxygen atoms in total. The highest BCUT2D eigenvalue weighted by Gasteiger charge is 2.27. The predicted molar refractivity (Wildman–Crippen MR) is 88.5 cm³/mol. The lowest BCUT2D eigenvalue weighted by Crippen LogP contribution is -2.56. The summed E-state index contributed by atoms with van der Waals surface area (Å²) in [5.41, 5.74) is 1.21. The molecule has 1 aliphatic heterocycles. The van der Waals surface area contributed by atoms with E-state index in [2.05, 4.69) is 37.1 Å². The van der Waals surface area contributed by atoms with E-state index < -0.39 is 0 Å². The first-order valence-corrected chi connectivity index (χ1v) is 8.33. The number of benzene rings is 1. The van der Waals surface area contributed by atoms with E-state index in [1.165, 1.54) is 24.8 Å². The van der Waals surface area contributed by atoms with Crippen LogP contribution in [0.1, 0.15) is 45.6 Å². The number of hydrogen-bond acceptors (Lipinski definition) is 3. The maximum Gasteiger partial charge on any atom is 0.115 e. The molecule has 0 amide bonds. The molecule has 1 aromatic rings. The Balaban J connectivity index is 2.02. The van der Waals surface area contributed by atoms with Crippen molar-refractivity contribution in [1.82, 2.24) is 10.2 Å². The van der Waals surface area contributed by atoms with E-state index >= 15 is 0 Å². The third kappa shape index (κ3) is 5.01. The predicted octanol–water partition coefficient (Wildman–Crippen LogP) is 3.38. The van der Waals surface area contributed by atoms with Crippen LogP contribution in [0.3, 0.4) is 0 Å². The average Bonchev–Trinajstić information content (AvgIpc) is 2.41. The normalized spacial score (nSPS) is 23.6. The quantitative estimate of drug-likeness (QED) is 0.843. The summed E-state index contributed by atoms with van der Waals surface area (Å²) in [4.78, 5) is 2.60. The Labute approximate surface area is 129 Å². The summed E-state index contributed by atoms with van der Waals surface area (Å²) in [6.45, 7) is 9.98.